The van der Waals surface area contributed by atoms with Crippen LogP contribution in [-0.2, 0) is 4.74 Å². The second kappa shape index (κ2) is 8.22. The quantitative estimate of drug-likeness (QED) is 0.494. The standard InChI is InChI=1S/C17H19ClN6OS/c18-12-2-1-3-13(10-12)20-15-14-11-19-23-16(14)22-17(21-15)26-9-6-24-4-7-25-8-5-24/h1-3,10-11H,4-9H2,(H2,19,20,21,22,23). The zero-order valence-corrected chi connectivity index (χ0v) is 15.7. The predicted octanol–water partition coefficient (Wildman–Crippen LogP) is 3.17. The van der Waals surface area contributed by atoms with Gasteiger partial charge in [0, 0.05) is 36.1 Å². The summed E-state index contributed by atoms with van der Waals surface area (Å²) in [5.74, 6) is 1.65. The first-order valence-corrected chi connectivity index (χ1v) is 9.81. The average Bonchev–Trinajstić information content (AvgIpc) is 3.12. The Morgan fingerprint density at radius 3 is 3.00 bits per heavy atom. The van der Waals surface area contributed by atoms with Gasteiger partial charge in [0.05, 0.1) is 24.8 Å². The highest BCUT2D eigenvalue weighted by molar-refractivity contribution is 7.99. The summed E-state index contributed by atoms with van der Waals surface area (Å²) in [6, 6.07) is 7.55. The summed E-state index contributed by atoms with van der Waals surface area (Å²) in [4.78, 5) is 11.6. The Morgan fingerprint density at radius 2 is 2.15 bits per heavy atom. The third-order valence-corrected chi connectivity index (χ3v) is 5.18. The highest BCUT2D eigenvalue weighted by Crippen LogP contribution is 2.26. The molecule has 3 heterocycles. The minimum atomic E-state index is 0.674. The number of nitrogens with zero attached hydrogens (tertiary/aromatic N) is 4. The van der Waals surface area contributed by atoms with Gasteiger partial charge in [0.1, 0.15) is 5.82 Å². The van der Waals surface area contributed by atoms with Gasteiger partial charge in [-0.05, 0) is 18.2 Å². The molecule has 7 nitrogen and oxygen atoms in total. The van der Waals surface area contributed by atoms with Crippen molar-refractivity contribution in [1.82, 2.24) is 25.1 Å². The fourth-order valence-corrected chi connectivity index (χ4v) is 3.80. The van der Waals surface area contributed by atoms with Crippen molar-refractivity contribution in [1.29, 1.82) is 0 Å². The minimum Gasteiger partial charge on any atom is -0.379 e. The lowest BCUT2D eigenvalue weighted by molar-refractivity contribution is 0.0410. The Kier molecular flexibility index (Phi) is 5.54. The molecule has 1 aliphatic heterocycles. The number of aromatic nitrogens is 4. The van der Waals surface area contributed by atoms with E-state index in [9.17, 15) is 0 Å². The van der Waals surface area contributed by atoms with E-state index < -0.39 is 0 Å². The first-order valence-electron chi connectivity index (χ1n) is 8.44. The zero-order valence-electron chi connectivity index (χ0n) is 14.1. The molecule has 1 fully saturated rings. The number of benzene rings is 1. The topological polar surface area (TPSA) is 79.0 Å². The molecule has 0 unspecified atom stereocenters. The summed E-state index contributed by atoms with van der Waals surface area (Å²) >= 11 is 7.71. The normalized spacial score (nSPS) is 15.4. The Morgan fingerprint density at radius 1 is 1.27 bits per heavy atom. The van der Waals surface area contributed by atoms with E-state index in [0.29, 0.717) is 5.02 Å². The Balaban J connectivity index is 1.48. The van der Waals surface area contributed by atoms with Crippen LogP contribution in [0.1, 0.15) is 0 Å². The molecule has 0 bridgehead atoms. The van der Waals surface area contributed by atoms with E-state index in [1.807, 2.05) is 24.3 Å². The van der Waals surface area contributed by atoms with Gasteiger partial charge in [0.15, 0.2) is 10.8 Å². The number of ether oxygens (including phenoxy) is 1. The fourth-order valence-electron chi connectivity index (χ4n) is 2.77. The number of hydrogen-bond acceptors (Lipinski definition) is 7. The zero-order chi connectivity index (χ0) is 17.8. The largest absolute Gasteiger partial charge is 0.379 e. The molecule has 1 saturated heterocycles. The van der Waals surface area contributed by atoms with Gasteiger partial charge in [-0.25, -0.2) is 9.97 Å². The van der Waals surface area contributed by atoms with Crippen LogP contribution >= 0.6 is 23.4 Å². The molecule has 0 amide bonds. The molecule has 0 radical (unpaired) electrons. The van der Waals surface area contributed by atoms with E-state index in [1.165, 1.54) is 0 Å². The fraction of sp³-hybridized carbons (Fsp3) is 0.353. The van der Waals surface area contributed by atoms with E-state index >= 15 is 0 Å². The average molecular weight is 391 g/mol. The van der Waals surface area contributed by atoms with Crippen molar-refractivity contribution < 1.29 is 4.74 Å². The summed E-state index contributed by atoms with van der Waals surface area (Å²) < 4.78 is 5.38. The van der Waals surface area contributed by atoms with E-state index in [4.69, 9.17) is 16.3 Å². The smallest absolute Gasteiger partial charge is 0.191 e. The van der Waals surface area contributed by atoms with Gasteiger partial charge in [-0.1, -0.05) is 29.4 Å². The van der Waals surface area contributed by atoms with Crippen molar-refractivity contribution in [2.24, 2.45) is 0 Å². The van der Waals surface area contributed by atoms with Gasteiger partial charge in [0.25, 0.3) is 0 Å². The van der Waals surface area contributed by atoms with Crippen molar-refractivity contribution in [3.63, 3.8) is 0 Å². The van der Waals surface area contributed by atoms with Crippen LogP contribution in [0.25, 0.3) is 11.0 Å². The molecular formula is C17H19ClN6OS. The summed E-state index contributed by atoms with van der Waals surface area (Å²) in [6.07, 6.45) is 1.73. The lowest BCUT2D eigenvalue weighted by Crippen LogP contribution is -2.37. The summed E-state index contributed by atoms with van der Waals surface area (Å²) in [5, 5.41) is 12.6. The first-order chi connectivity index (χ1) is 12.8. The van der Waals surface area contributed by atoms with Crippen LogP contribution in [0.5, 0.6) is 0 Å². The SMILES string of the molecule is Clc1cccc(Nc2nc(SCCN3CCOCC3)nc3[nH]ncc23)c1. The number of rotatable bonds is 6. The summed E-state index contributed by atoms with van der Waals surface area (Å²) in [7, 11) is 0. The van der Waals surface area contributed by atoms with Crippen LogP contribution < -0.4 is 5.32 Å². The van der Waals surface area contributed by atoms with Gasteiger partial charge in [-0.2, -0.15) is 5.10 Å². The predicted molar refractivity (Wildman–Crippen MR) is 104 cm³/mol. The van der Waals surface area contributed by atoms with Crippen molar-refractivity contribution >= 4 is 45.9 Å². The number of H-pyrrole nitrogens is 1. The number of nitrogens with one attached hydrogen (secondary N) is 2. The second-order valence-corrected chi connectivity index (χ2v) is 7.42. The van der Waals surface area contributed by atoms with Crippen LogP contribution in [0.15, 0.2) is 35.6 Å². The van der Waals surface area contributed by atoms with Crippen molar-refractivity contribution in [2.45, 2.75) is 5.16 Å². The van der Waals surface area contributed by atoms with Gasteiger partial charge in [-0.15, -0.1) is 0 Å². The maximum Gasteiger partial charge on any atom is 0.191 e. The molecule has 0 saturated carbocycles. The molecule has 1 aromatic carbocycles. The molecule has 0 atom stereocenters. The number of fused-ring (bicyclic) bond motifs is 1. The summed E-state index contributed by atoms with van der Waals surface area (Å²) in [5.41, 5.74) is 1.60. The number of anilines is 2. The Bertz CT molecular complexity index is 883. The first kappa shape index (κ1) is 17.5. The highest BCUT2D eigenvalue weighted by Gasteiger charge is 2.13. The van der Waals surface area contributed by atoms with Crippen LogP contribution in [-0.4, -0.2) is 63.7 Å². The molecule has 136 valence electrons. The Labute approximate surface area is 160 Å². The van der Waals surface area contributed by atoms with Crippen LogP contribution in [0.3, 0.4) is 0 Å². The maximum absolute atomic E-state index is 6.07. The molecule has 9 heteroatoms. The van der Waals surface area contributed by atoms with E-state index in [0.717, 1.165) is 66.3 Å². The third-order valence-electron chi connectivity index (χ3n) is 4.12. The van der Waals surface area contributed by atoms with E-state index in [-0.39, 0.29) is 0 Å². The van der Waals surface area contributed by atoms with Crippen LogP contribution in [0, 0.1) is 0 Å². The third kappa shape index (κ3) is 4.27. The number of thioether (sulfide) groups is 1. The van der Waals surface area contributed by atoms with Gasteiger partial charge < -0.3 is 10.1 Å². The molecule has 2 aromatic heterocycles. The van der Waals surface area contributed by atoms with Crippen molar-refractivity contribution in [3.8, 4) is 0 Å². The monoisotopic (exact) mass is 390 g/mol. The molecule has 1 aliphatic rings. The summed E-state index contributed by atoms with van der Waals surface area (Å²) in [6.45, 7) is 4.60. The molecule has 0 aliphatic carbocycles. The molecule has 2 N–H and O–H groups in total. The lowest BCUT2D eigenvalue weighted by atomic mass is 10.3. The Hall–Kier alpha value is -1.87. The lowest BCUT2D eigenvalue weighted by Gasteiger charge is -2.26. The van der Waals surface area contributed by atoms with Crippen LogP contribution in [0.2, 0.25) is 5.02 Å². The van der Waals surface area contributed by atoms with Crippen molar-refractivity contribution in [3.05, 3.63) is 35.5 Å². The van der Waals surface area contributed by atoms with Gasteiger partial charge in [-0.3, -0.25) is 10.00 Å². The molecule has 0 spiro atoms. The number of morpholine rings is 1. The van der Waals surface area contributed by atoms with E-state index in [1.54, 1.807) is 18.0 Å². The maximum atomic E-state index is 6.07. The number of hydrogen-bond donors (Lipinski definition) is 2. The molecule has 26 heavy (non-hydrogen) atoms. The number of halogens is 1. The second-order valence-electron chi connectivity index (χ2n) is 5.92. The minimum absolute atomic E-state index is 0.674. The molecular weight excluding hydrogens is 372 g/mol. The van der Waals surface area contributed by atoms with Crippen LogP contribution in [0.4, 0.5) is 11.5 Å². The molecule has 4 rings (SSSR count). The number of aromatic amines is 1. The van der Waals surface area contributed by atoms with Gasteiger partial charge in [0.2, 0.25) is 0 Å². The highest BCUT2D eigenvalue weighted by atomic mass is 35.5. The van der Waals surface area contributed by atoms with E-state index in [2.05, 4.69) is 30.4 Å². The van der Waals surface area contributed by atoms with Crippen molar-refractivity contribution in [2.75, 3.05) is 43.9 Å². The molecule has 3 aromatic rings. The van der Waals surface area contributed by atoms with Gasteiger partial charge >= 0.3 is 0 Å².